The van der Waals surface area contributed by atoms with Crippen molar-refractivity contribution in [1.29, 1.82) is 0 Å². The molecule has 2 atom stereocenters. The molecule has 5 rings (SSSR count). The third kappa shape index (κ3) is 3.90. The summed E-state index contributed by atoms with van der Waals surface area (Å²) < 4.78 is 18.5. The van der Waals surface area contributed by atoms with E-state index in [1.54, 1.807) is 11.0 Å². The lowest BCUT2D eigenvalue weighted by atomic mass is 10.0. The minimum absolute atomic E-state index is 0.121. The Hall–Kier alpha value is -2.56. The molecule has 3 heterocycles. The van der Waals surface area contributed by atoms with Gasteiger partial charge < -0.3 is 14.2 Å². The van der Waals surface area contributed by atoms with Gasteiger partial charge in [-0.25, -0.2) is 0 Å². The zero-order chi connectivity index (χ0) is 21.5. The summed E-state index contributed by atoms with van der Waals surface area (Å²) >= 11 is 3.64. The number of carbonyl (C=O) groups excluding carboxylic acids is 1. The number of nitrogens with zero attached hydrogens (tertiary/aromatic N) is 2. The Morgan fingerprint density at radius 2 is 2.00 bits per heavy atom. The average Bonchev–Trinajstić information content (AvgIpc) is 3.51. The van der Waals surface area contributed by atoms with Gasteiger partial charge in [0.1, 0.15) is 5.82 Å². The Labute approximate surface area is 190 Å². The highest BCUT2D eigenvalue weighted by Crippen LogP contribution is 2.47. The predicted octanol–water partition coefficient (Wildman–Crippen LogP) is 4.65. The van der Waals surface area contributed by atoms with Crippen LogP contribution < -0.4 is 14.4 Å². The van der Waals surface area contributed by atoms with Crippen molar-refractivity contribution in [3.8, 4) is 23.5 Å². The van der Waals surface area contributed by atoms with Gasteiger partial charge in [0.15, 0.2) is 18.0 Å². The number of aromatic nitrogens is 1. The van der Waals surface area contributed by atoms with Gasteiger partial charge in [-0.1, -0.05) is 28.8 Å². The van der Waals surface area contributed by atoms with Crippen molar-refractivity contribution in [2.75, 3.05) is 18.1 Å². The number of halogens is 1. The normalized spacial score (nSPS) is 21.1. The fourth-order valence-corrected chi connectivity index (χ4v) is 4.27. The van der Waals surface area contributed by atoms with Crippen molar-refractivity contribution in [3.05, 3.63) is 39.9 Å². The standard InChI is InChI=1S/C24H23BrN2O4/c1-3-4-5-23(28)27(18-10-14(2)17(25)11-16(18)15-6-7-15)22-9-8-19-24(26-22)31-21-13-29-12-20(21)30-19/h8-11,15,20-21H,3,6-7,12-13H2,1-2H3/t20-,21-/m0/s1. The number of aryl methyl sites for hydroxylation is 1. The third-order valence-corrected chi connectivity index (χ3v) is 6.56. The number of rotatable bonds is 3. The van der Waals surface area contributed by atoms with Crippen LogP contribution >= 0.6 is 15.9 Å². The molecule has 0 bridgehead atoms. The number of hydrogen-bond acceptors (Lipinski definition) is 5. The van der Waals surface area contributed by atoms with Crippen LogP contribution in [0.1, 0.15) is 43.2 Å². The fourth-order valence-electron chi connectivity index (χ4n) is 3.91. The van der Waals surface area contributed by atoms with E-state index in [4.69, 9.17) is 14.2 Å². The number of hydrogen-bond donors (Lipinski definition) is 0. The van der Waals surface area contributed by atoms with E-state index >= 15 is 0 Å². The van der Waals surface area contributed by atoms with Crippen molar-refractivity contribution in [1.82, 2.24) is 4.98 Å². The van der Waals surface area contributed by atoms with Crippen LogP contribution in [0.5, 0.6) is 11.6 Å². The van der Waals surface area contributed by atoms with Crippen molar-refractivity contribution in [2.24, 2.45) is 0 Å². The van der Waals surface area contributed by atoms with E-state index in [0.717, 1.165) is 34.1 Å². The van der Waals surface area contributed by atoms with Crippen LogP contribution in [0.2, 0.25) is 0 Å². The summed E-state index contributed by atoms with van der Waals surface area (Å²) in [5.41, 5.74) is 3.00. The molecule has 7 heteroatoms. The molecule has 1 aromatic heterocycles. The van der Waals surface area contributed by atoms with Crippen molar-refractivity contribution >= 4 is 33.3 Å². The van der Waals surface area contributed by atoms with E-state index < -0.39 is 0 Å². The molecule has 1 aliphatic carbocycles. The summed E-state index contributed by atoms with van der Waals surface area (Å²) in [6.45, 7) is 4.92. The molecular weight excluding hydrogens is 460 g/mol. The topological polar surface area (TPSA) is 60.9 Å². The van der Waals surface area contributed by atoms with Crippen molar-refractivity contribution < 1.29 is 19.0 Å². The maximum absolute atomic E-state index is 13.3. The molecule has 0 spiro atoms. The van der Waals surface area contributed by atoms with Gasteiger partial charge in [-0.2, -0.15) is 4.98 Å². The maximum Gasteiger partial charge on any atom is 0.308 e. The first-order chi connectivity index (χ1) is 15.0. The minimum atomic E-state index is -0.309. The Bertz CT molecular complexity index is 1100. The van der Waals surface area contributed by atoms with Gasteiger partial charge in [-0.15, -0.1) is 0 Å². The quantitative estimate of drug-likeness (QED) is 0.596. The van der Waals surface area contributed by atoms with Gasteiger partial charge in [-0.05, 0) is 67.0 Å². The number of pyridine rings is 1. The van der Waals surface area contributed by atoms with Crippen molar-refractivity contribution in [3.63, 3.8) is 0 Å². The van der Waals surface area contributed by atoms with E-state index in [1.807, 2.05) is 26.0 Å². The van der Waals surface area contributed by atoms with Gasteiger partial charge in [0.05, 0.1) is 18.9 Å². The molecule has 1 amide bonds. The molecule has 1 saturated carbocycles. The van der Waals surface area contributed by atoms with Gasteiger partial charge in [0.25, 0.3) is 5.88 Å². The number of anilines is 2. The highest BCUT2D eigenvalue weighted by atomic mass is 79.9. The van der Waals surface area contributed by atoms with E-state index in [-0.39, 0.29) is 18.1 Å². The molecule has 6 nitrogen and oxygen atoms in total. The smallest absolute Gasteiger partial charge is 0.308 e. The molecule has 2 fully saturated rings. The molecule has 3 aliphatic rings. The van der Waals surface area contributed by atoms with Gasteiger partial charge in [0.2, 0.25) is 0 Å². The summed E-state index contributed by atoms with van der Waals surface area (Å²) in [6.07, 6.45) is 2.53. The molecule has 2 aliphatic heterocycles. The summed E-state index contributed by atoms with van der Waals surface area (Å²) in [7, 11) is 0. The minimum Gasteiger partial charge on any atom is -0.478 e. The molecule has 0 radical (unpaired) electrons. The summed E-state index contributed by atoms with van der Waals surface area (Å²) in [6, 6.07) is 7.75. The summed E-state index contributed by atoms with van der Waals surface area (Å²) in [5.74, 6) is 7.21. The molecule has 2 aromatic rings. The largest absolute Gasteiger partial charge is 0.478 e. The van der Waals surface area contributed by atoms with Crippen LogP contribution in [-0.2, 0) is 9.53 Å². The van der Waals surface area contributed by atoms with E-state index in [0.29, 0.717) is 43.0 Å². The summed E-state index contributed by atoms with van der Waals surface area (Å²) in [5, 5.41) is 0. The van der Waals surface area contributed by atoms with Crippen LogP contribution in [0.4, 0.5) is 11.5 Å². The van der Waals surface area contributed by atoms with E-state index in [1.165, 1.54) is 0 Å². The zero-order valence-electron chi connectivity index (χ0n) is 17.5. The number of benzene rings is 1. The first kappa shape index (κ1) is 20.3. The highest BCUT2D eigenvalue weighted by molar-refractivity contribution is 9.10. The molecular formula is C24H23BrN2O4. The van der Waals surface area contributed by atoms with E-state index in [9.17, 15) is 4.79 Å². The first-order valence-electron chi connectivity index (χ1n) is 10.6. The molecule has 0 N–H and O–H groups in total. The van der Waals surface area contributed by atoms with E-state index in [2.05, 4.69) is 38.8 Å². The lowest BCUT2D eigenvalue weighted by Gasteiger charge is -2.29. The lowest BCUT2D eigenvalue weighted by Crippen LogP contribution is -2.39. The summed E-state index contributed by atoms with van der Waals surface area (Å²) in [4.78, 5) is 19.5. The number of carbonyl (C=O) groups is 1. The second kappa shape index (κ2) is 8.18. The monoisotopic (exact) mass is 482 g/mol. The van der Waals surface area contributed by atoms with Crippen LogP contribution in [0, 0.1) is 18.8 Å². The lowest BCUT2D eigenvalue weighted by molar-refractivity contribution is -0.112. The predicted molar refractivity (Wildman–Crippen MR) is 120 cm³/mol. The molecule has 1 aromatic carbocycles. The highest BCUT2D eigenvalue weighted by Gasteiger charge is 2.38. The van der Waals surface area contributed by atoms with Gasteiger partial charge in [0, 0.05) is 10.9 Å². The Morgan fingerprint density at radius 3 is 2.74 bits per heavy atom. The number of fused-ring (bicyclic) bond motifs is 2. The first-order valence-corrected chi connectivity index (χ1v) is 11.4. The SMILES string of the molecule is CCC#CC(=O)N(c1ccc2c(n1)O[C@H]1COC[C@@H]1O2)c1cc(C)c(Br)cc1C1CC1. The van der Waals surface area contributed by atoms with Crippen molar-refractivity contribution in [2.45, 2.75) is 51.2 Å². The molecule has 1 saturated heterocycles. The Balaban J connectivity index is 1.60. The van der Waals surface area contributed by atoms with Gasteiger partial charge in [-0.3, -0.25) is 9.69 Å². The Kier molecular flexibility index (Phi) is 5.37. The molecule has 31 heavy (non-hydrogen) atoms. The zero-order valence-corrected chi connectivity index (χ0v) is 19.1. The van der Waals surface area contributed by atoms with Crippen LogP contribution in [0.15, 0.2) is 28.7 Å². The fraction of sp³-hybridized carbons (Fsp3) is 0.417. The Morgan fingerprint density at radius 1 is 1.23 bits per heavy atom. The number of amides is 1. The van der Waals surface area contributed by atoms with Gasteiger partial charge >= 0.3 is 5.91 Å². The average molecular weight is 483 g/mol. The molecule has 160 valence electrons. The van der Waals surface area contributed by atoms with Crippen LogP contribution in [-0.4, -0.2) is 36.3 Å². The van der Waals surface area contributed by atoms with Crippen LogP contribution in [0.25, 0.3) is 0 Å². The number of ether oxygens (including phenoxy) is 3. The van der Waals surface area contributed by atoms with Crippen LogP contribution in [0.3, 0.4) is 0 Å². The molecule has 0 unspecified atom stereocenters. The third-order valence-electron chi connectivity index (χ3n) is 5.70. The second-order valence-corrected chi connectivity index (χ2v) is 8.91. The maximum atomic E-state index is 13.3. The second-order valence-electron chi connectivity index (χ2n) is 8.05.